The van der Waals surface area contributed by atoms with Crippen LogP contribution in [0.5, 0.6) is 17.2 Å². The van der Waals surface area contributed by atoms with Crippen LogP contribution >= 0.6 is 31.9 Å². The molecule has 0 saturated carbocycles. The fourth-order valence-corrected chi connectivity index (χ4v) is 4.64. The van der Waals surface area contributed by atoms with Gasteiger partial charge in [0, 0.05) is 9.89 Å². The van der Waals surface area contributed by atoms with Crippen molar-refractivity contribution in [3.63, 3.8) is 0 Å². The van der Waals surface area contributed by atoms with Crippen LogP contribution < -0.4 is 19.8 Å². The van der Waals surface area contributed by atoms with Crippen molar-refractivity contribution >= 4 is 49.0 Å². The smallest absolute Gasteiger partial charge is 0.282 e. The molecule has 0 unspecified atom stereocenters. The van der Waals surface area contributed by atoms with Gasteiger partial charge in [-0.25, -0.2) is 4.98 Å². The maximum atomic E-state index is 13.3. The maximum absolute atomic E-state index is 13.3. The molecule has 0 saturated heterocycles. The predicted octanol–water partition coefficient (Wildman–Crippen LogP) is 6.41. The zero-order valence-corrected chi connectivity index (χ0v) is 23.1. The second-order valence-corrected chi connectivity index (χ2v) is 11.1. The standard InChI is InChI=1S/C27H23Br2N3O4/c1-27(2,3)26-31-21-7-6-18(28)12-19(21)25(33)32(26)30-13-16-4-8-22(20(29)10-16)34-14-17-5-9-23-24(11-17)36-15-35-23/h4-13H,14-15H2,1-3H3. The van der Waals surface area contributed by atoms with Gasteiger partial charge in [0.2, 0.25) is 6.79 Å². The Kier molecular flexibility index (Phi) is 6.61. The first-order valence-electron chi connectivity index (χ1n) is 11.3. The lowest BCUT2D eigenvalue weighted by molar-refractivity contribution is 0.174. The van der Waals surface area contributed by atoms with E-state index in [-0.39, 0.29) is 17.8 Å². The molecule has 1 aliphatic rings. The van der Waals surface area contributed by atoms with Crippen molar-refractivity contribution in [3.8, 4) is 17.2 Å². The van der Waals surface area contributed by atoms with Gasteiger partial charge in [0.15, 0.2) is 11.5 Å². The summed E-state index contributed by atoms with van der Waals surface area (Å²) < 4.78 is 19.7. The van der Waals surface area contributed by atoms with Gasteiger partial charge in [-0.1, -0.05) is 42.8 Å². The Bertz CT molecular complexity index is 1560. The molecule has 36 heavy (non-hydrogen) atoms. The summed E-state index contributed by atoms with van der Waals surface area (Å²) >= 11 is 7.02. The van der Waals surface area contributed by atoms with E-state index in [0.29, 0.717) is 29.1 Å². The SMILES string of the molecule is CC(C)(C)c1nc2ccc(Br)cc2c(=O)n1N=Cc1ccc(OCc2ccc3c(c2)OCO3)c(Br)c1. The van der Waals surface area contributed by atoms with E-state index in [9.17, 15) is 4.79 Å². The molecule has 9 heteroatoms. The van der Waals surface area contributed by atoms with Crippen molar-refractivity contribution in [2.75, 3.05) is 6.79 Å². The van der Waals surface area contributed by atoms with Gasteiger partial charge in [0.25, 0.3) is 5.56 Å². The van der Waals surface area contributed by atoms with Crippen LogP contribution in [0, 0.1) is 0 Å². The summed E-state index contributed by atoms with van der Waals surface area (Å²) in [5.41, 5.74) is 1.82. The van der Waals surface area contributed by atoms with Crippen LogP contribution in [0.3, 0.4) is 0 Å². The van der Waals surface area contributed by atoms with Crippen molar-refractivity contribution < 1.29 is 14.2 Å². The third kappa shape index (κ3) is 5.03. The predicted molar refractivity (Wildman–Crippen MR) is 146 cm³/mol. The van der Waals surface area contributed by atoms with Gasteiger partial charge < -0.3 is 14.2 Å². The van der Waals surface area contributed by atoms with Gasteiger partial charge in [-0.3, -0.25) is 4.79 Å². The third-order valence-corrected chi connectivity index (χ3v) is 6.70. The fraction of sp³-hybridized carbons (Fsp3) is 0.222. The number of halogens is 2. The number of hydrogen-bond donors (Lipinski definition) is 0. The van der Waals surface area contributed by atoms with Crippen LogP contribution in [0.15, 0.2) is 73.4 Å². The van der Waals surface area contributed by atoms with Crippen molar-refractivity contribution in [1.82, 2.24) is 9.66 Å². The van der Waals surface area contributed by atoms with Crippen LogP contribution in [0.1, 0.15) is 37.7 Å². The van der Waals surface area contributed by atoms with Gasteiger partial charge >= 0.3 is 0 Å². The summed E-state index contributed by atoms with van der Waals surface area (Å²) in [4.78, 5) is 18.1. The van der Waals surface area contributed by atoms with E-state index in [1.807, 2.05) is 69.3 Å². The minimum absolute atomic E-state index is 0.217. The Labute approximate surface area is 225 Å². The highest BCUT2D eigenvalue weighted by Gasteiger charge is 2.23. The van der Waals surface area contributed by atoms with E-state index < -0.39 is 0 Å². The first kappa shape index (κ1) is 24.5. The molecule has 0 amide bonds. The number of aromatic nitrogens is 2. The highest BCUT2D eigenvalue weighted by molar-refractivity contribution is 9.10. The van der Waals surface area contributed by atoms with Gasteiger partial charge in [-0.15, -0.1) is 0 Å². The molecule has 1 aromatic heterocycles. The van der Waals surface area contributed by atoms with Crippen molar-refractivity contribution in [3.05, 3.63) is 90.8 Å². The Morgan fingerprint density at radius 3 is 2.64 bits per heavy atom. The highest BCUT2D eigenvalue weighted by atomic mass is 79.9. The number of ether oxygens (including phenoxy) is 3. The van der Waals surface area contributed by atoms with Crippen LogP contribution in [-0.4, -0.2) is 22.7 Å². The minimum atomic E-state index is -0.384. The molecule has 5 rings (SSSR count). The largest absolute Gasteiger partial charge is 0.488 e. The second kappa shape index (κ2) is 9.71. The second-order valence-electron chi connectivity index (χ2n) is 9.37. The summed E-state index contributed by atoms with van der Waals surface area (Å²) in [6.07, 6.45) is 1.65. The highest BCUT2D eigenvalue weighted by Crippen LogP contribution is 2.33. The molecule has 0 spiro atoms. The van der Waals surface area contributed by atoms with Gasteiger partial charge in [-0.05, 0) is 75.6 Å². The van der Waals surface area contributed by atoms with Crippen LogP contribution in [0.25, 0.3) is 10.9 Å². The quantitative estimate of drug-likeness (QED) is 0.244. The van der Waals surface area contributed by atoms with Crippen LogP contribution in [0.2, 0.25) is 0 Å². The molecule has 0 radical (unpaired) electrons. The average molecular weight is 613 g/mol. The molecule has 0 N–H and O–H groups in total. The van der Waals surface area contributed by atoms with Gasteiger partial charge in [0.1, 0.15) is 18.2 Å². The molecule has 7 nitrogen and oxygen atoms in total. The van der Waals surface area contributed by atoms with Crippen LogP contribution in [0.4, 0.5) is 0 Å². The Morgan fingerprint density at radius 2 is 1.86 bits per heavy atom. The number of benzene rings is 3. The summed E-state index contributed by atoms with van der Waals surface area (Å²) in [7, 11) is 0. The molecular weight excluding hydrogens is 590 g/mol. The molecule has 4 aromatic rings. The van der Waals surface area contributed by atoms with Crippen molar-refractivity contribution in [2.45, 2.75) is 32.8 Å². The first-order chi connectivity index (χ1) is 17.2. The molecule has 0 atom stereocenters. The average Bonchev–Trinajstić information content (AvgIpc) is 3.30. The molecule has 0 bridgehead atoms. The lowest BCUT2D eigenvalue weighted by Gasteiger charge is -2.20. The summed E-state index contributed by atoms with van der Waals surface area (Å²) in [5.74, 6) is 2.74. The Balaban J connectivity index is 1.40. The number of hydrogen-bond acceptors (Lipinski definition) is 6. The van der Waals surface area contributed by atoms with Gasteiger partial charge in [-0.2, -0.15) is 9.78 Å². The zero-order valence-electron chi connectivity index (χ0n) is 19.9. The zero-order chi connectivity index (χ0) is 25.4. The lowest BCUT2D eigenvalue weighted by Crippen LogP contribution is -2.29. The summed E-state index contributed by atoms with van der Waals surface area (Å²) in [6, 6.07) is 16.9. The lowest BCUT2D eigenvalue weighted by atomic mass is 9.95. The minimum Gasteiger partial charge on any atom is -0.488 e. The molecule has 3 aromatic carbocycles. The molecule has 184 valence electrons. The molecule has 2 heterocycles. The number of rotatable bonds is 5. The monoisotopic (exact) mass is 611 g/mol. The normalized spacial score (nSPS) is 13.0. The number of fused-ring (bicyclic) bond motifs is 2. The maximum Gasteiger partial charge on any atom is 0.282 e. The third-order valence-electron chi connectivity index (χ3n) is 5.59. The van der Waals surface area contributed by atoms with E-state index in [2.05, 4.69) is 37.0 Å². The van der Waals surface area contributed by atoms with Crippen LogP contribution in [-0.2, 0) is 12.0 Å². The topological polar surface area (TPSA) is 74.9 Å². The Hall–Kier alpha value is -3.17. The van der Waals surface area contributed by atoms with E-state index in [0.717, 1.165) is 31.6 Å². The van der Waals surface area contributed by atoms with E-state index in [1.54, 1.807) is 12.3 Å². The van der Waals surface area contributed by atoms with Crippen molar-refractivity contribution in [1.29, 1.82) is 0 Å². The fourth-order valence-electron chi connectivity index (χ4n) is 3.77. The number of nitrogens with zero attached hydrogens (tertiary/aromatic N) is 3. The molecular formula is C27H23Br2N3O4. The molecule has 0 fully saturated rings. The molecule has 0 aliphatic carbocycles. The molecule has 1 aliphatic heterocycles. The van der Waals surface area contributed by atoms with Crippen molar-refractivity contribution in [2.24, 2.45) is 5.10 Å². The first-order valence-corrected chi connectivity index (χ1v) is 12.9. The van der Waals surface area contributed by atoms with E-state index >= 15 is 0 Å². The van der Waals surface area contributed by atoms with E-state index in [4.69, 9.17) is 19.2 Å². The Morgan fingerprint density at radius 1 is 1.06 bits per heavy atom. The summed E-state index contributed by atoms with van der Waals surface area (Å²) in [5, 5.41) is 5.04. The summed E-state index contributed by atoms with van der Waals surface area (Å²) in [6.45, 7) is 6.65. The van der Waals surface area contributed by atoms with E-state index in [1.165, 1.54) is 4.68 Å². The van der Waals surface area contributed by atoms with Gasteiger partial charge in [0.05, 0.1) is 21.6 Å².